The summed E-state index contributed by atoms with van der Waals surface area (Å²) in [6.45, 7) is 6.31. The minimum absolute atomic E-state index is 0.284. The van der Waals surface area contributed by atoms with Crippen molar-refractivity contribution >= 4 is 17.3 Å². The number of nitrogens with zero attached hydrogens (tertiary/aromatic N) is 1. The van der Waals surface area contributed by atoms with Crippen LogP contribution in [0.5, 0.6) is 5.75 Å². The van der Waals surface area contributed by atoms with Gasteiger partial charge in [-0.2, -0.15) is 0 Å². The van der Waals surface area contributed by atoms with Gasteiger partial charge < -0.3 is 15.4 Å². The van der Waals surface area contributed by atoms with Crippen LogP contribution in [0.4, 0.5) is 4.39 Å². The van der Waals surface area contributed by atoms with Gasteiger partial charge in [0.15, 0.2) is 17.5 Å². The maximum atomic E-state index is 13.9. The van der Waals surface area contributed by atoms with Crippen LogP contribution in [0.15, 0.2) is 40.7 Å². The zero-order valence-electron chi connectivity index (χ0n) is 14.1. The third-order valence-corrected chi connectivity index (χ3v) is 4.24. The van der Waals surface area contributed by atoms with Gasteiger partial charge in [-0.15, -0.1) is 11.3 Å². The molecule has 0 aliphatic rings. The lowest BCUT2D eigenvalue weighted by molar-refractivity contribution is 0.321. The smallest absolute Gasteiger partial charge is 0.191 e. The molecule has 0 aliphatic heterocycles. The largest absolute Gasteiger partial charge is 0.491 e. The Hall–Kier alpha value is -2.08. The average molecular weight is 349 g/mol. The molecule has 1 aromatic carbocycles. The highest BCUT2D eigenvalue weighted by atomic mass is 32.1. The quantitative estimate of drug-likeness (QED) is 0.566. The summed E-state index contributed by atoms with van der Waals surface area (Å²) in [6.07, 6.45) is 0.958. The second-order valence-corrected chi connectivity index (χ2v) is 6.18. The van der Waals surface area contributed by atoms with Crippen LogP contribution in [0.25, 0.3) is 0 Å². The number of hydrogen-bond donors (Lipinski definition) is 2. The number of aliphatic imine (C=N–C) groups is 1. The summed E-state index contributed by atoms with van der Waals surface area (Å²) in [6, 6.07) is 9.15. The predicted octanol–water partition coefficient (Wildman–Crippen LogP) is 3.58. The van der Waals surface area contributed by atoms with E-state index in [2.05, 4.69) is 33.1 Å². The van der Waals surface area contributed by atoms with Crippen molar-refractivity contribution in [2.75, 3.05) is 19.7 Å². The van der Waals surface area contributed by atoms with Crippen LogP contribution in [-0.2, 0) is 13.0 Å². The van der Waals surface area contributed by atoms with Gasteiger partial charge in [-0.3, -0.25) is 0 Å². The highest BCUT2D eigenvalue weighted by Crippen LogP contribution is 2.18. The van der Waals surface area contributed by atoms with E-state index in [1.54, 1.807) is 17.4 Å². The molecule has 0 saturated heterocycles. The zero-order valence-corrected chi connectivity index (χ0v) is 15.0. The van der Waals surface area contributed by atoms with Gasteiger partial charge in [0.25, 0.3) is 0 Å². The number of rotatable bonds is 8. The Balaban J connectivity index is 1.90. The van der Waals surface area contributed by atoms with Gasteiger partial charge in [-0.25, -0.2) is 9.38 Å². The third kappa shape index (κ3) is 5.85. The van der Waals surface area contributed by atoms with Gasteiger partial charge in [0.05, 0.1) is 13.2 Å². The number of guanidine groups is 1. The topological polar surface area (TPSA) is 45.7 Å². The fourth-order valence-corrected chi connectivity index (χ4v) is 2.90. The molecular weight excluding hydrogens is 325 g/mol. The molecule has 0 saturated carbocycles. The molecule has 1 heterocycles. The lowest BCUT2D eigenvalue weighted by atomic mass is 10.2. The van der Waals surface area contributed by atoms with Crippen molar-refractivity contribution in [3.63, 3.8) is 0 Å². The number of ether oxygens (including phenoxy) is 1. The van der Waals surface area contributed by atoms with Crippen molar-refractivity contribution in [1.29, 1.82) is 0 Å². The summed E-state index contributed by atoms with van der Waals surface area (Å²) >= 11 is 1.75. The predicted molar refractivity (Wildman–Crippen MR) is 98.4 cm³/mol. The number of benzene rings is 1. The second-order valence-electron chi connectivity index (χ2n) is 5.15. The fraction of sp³-hybridized carbons (Fsp3) is 0.389. The van der Waals surface area contributed by atoms with Crippen LogP contribution in [0.1, 0.15) is 24.3 Å². The molecule has 1 aromatic heterocycles. The molecule has 0 unspecified atom stereocenters. The number of hydrogen-bond acceptors (Lipinski definition) is 3. The monoisotopic (exact) mass is 349 g/mol. The standard InChI is InChI=1S/C18H24FN3OS/c1-3-20-18(21-10-9-15-6-5-11-24-15)22-13-14-7-8-17(23-4-2)16(19)12-14/h5-8,11-12H,3-4,9-10,13H2,1-2H3,(H2,20,21,22). The van der Waals surface area contributed by atoms with Crippen LogP contribution in [0.2, 0.25) is 0 Å². The first-order valence-corrected chi connectivity index (χ1v) is 9.06. The van der Waals surface area contributed by atoms with Crippen molar-refractivity contribution in [2.45, 2.75) is 26.8 Å². The Morgan fingerprint density at radius 3 is 2.79 bits per heavy atom. The molecule has 0 bridgehead atoms. The summed E-state index contributed by atoms with van der Waals surface area (Å²) in [5.41, 5.74) is 0.811. The van der Waals surface area contributed by atoms with Crippen molar-refractivity contribution in [3.8, 4) is 5.75 Å². The molecule has 0 aliphatic carbocycles. The average Bonchev–Trinajstić information content (AvgIpc) is 3.08. The maximum absolute atomic E-state index is 13.9. The summed E-state index contributed by atoms with van der Waals surface area (Å²) < 4.78 is 19.1. The number of nitrogens with one attached hydrogen (secondary N) is 2. The van der Waals surface area contributed by atoms with E-state index in [0.29, 0.717) is 13.2 Å². The molecule has 0 atom stereocenters. The molecular formula is C18H24FN3OS. The van der Waals surface area contributed by atoms with E-state index < -0.39 is 0 Å². The first-order valence-electron chi connectivity index (χ1n) is 8.18. The van der Waals surface area contributed by atoms with Crippen LogP contribution >= 0.6 is 11.3 Å². The Bertz CT molecular complexity index is 644. The highest BCUT2D eigenvalue weighted by molar-refractivity contribution is 7.09. The second kappa shape index (κ2) is 9.93. The molecule has 130 valence electrons. The lowest BCUT2D eigenvalue weighted by Gasteiger charge is -2.11. The van der Waals surface area contributed by atoms with Gasteiger partial charge in [0.2, 0.25) is 0 Å². The zero-order chi connectivity index (χ0) is 17.2. The number of thiophene rings is 1. The van der Waals surface area contributed by atoms with Crippen molar-refractivity contribution in [2.24, 2.45) is 4.99 Å². The summed E-state index contributed by atoms with van der Waals surface area (Å²) in [4.78, 5) is 5.85. The van der Waals surface area contributed by atoms with Gasteiger partial charge in [0.1, 0.15) is 0 Å². The molecule has 6 heteroatoms. The molecule has 2 aromatic rings. The van der Waals surface area contributed by atoms with E-state index in [-0.39, 0.29) is 11.6 Å². The SMILES string of the molecule is CCNC(=NCc1ccc(OCC)c(F)c1)NCCc1cccs1. The minimum atomic E-state index is -0.347. The lowest BCUT2D eigenvalue weighted by Crippen LogP contribution is -2.38. The van der Waals surface area contributed by atoms with Gasteiger partial charge in [-0.05, 0) is 49.4 Å². The fourth-order valence-electron chi connectivity index (χ4n) is 2.19. The van der Waals surface area contributed by atoms with E-state index in [9.17, 15) is 4.39 Å². The third-order valence-electron chi connectivity index (χ3n) is 3.30. The summed E-state index contributed by atoms with van der Waals surface area (Å²) in [7, 11) is 0. The van der Waals surface area contributed by atoms with E-state index in [4.69, 9.17) is 4.74 Å². The van der Waals surface area contributed by atoms with Crippen LogP contribution in [-0.4, -0.2) is 25.7 Å². The van der Waals surface area contributed by atoms with Crippen molar-refractivity contribution in [3.05, 3.63) is 52.0 Å². The van der Waals surface area contributed by atoms with Crippen molar-refractivity contribution in [1.82, 2.24) is 10.6 Å². The Morgan fingerprint density at radius 1 is 1.25 bits per heavy atom. The molecule has 0 amide bonds. The van der Waals surface area contributed by atoms with Gasteiger partial charge in [-0.1, -0.05) is 12.1 Å². The molecule has 0 spiro atoms. The molecule has 2 rings (SSSR count). The first kappa shape index (κ1) is 18.3. The normalized spacial score (nSPS) is 11.4. The molecule has 0 radical (unpaired) electrons. The van der Waals surface area contributed by atoms with E-state index in [0.717, 1.165) is 31.0 Å². The highest BCUT2D eigenvalue weighted by Gasteiger charge is 2.04. The molecule has 4 nitrogen and oxygen atoms in total. The van der Waals surface area contributed by atoms with Crippen LogP contribution in [0.3, 0.4) is 0 Å². The Kier molecular flexibility index (Phi) is 7.55. The van der Waals surface area contributed by atoms with E-state index in [1.165, 1.54) is 10.9 Å². The number of halogens is 1. The Morgan fingerprint density at radius 2 is 2.12 bits per heavy atom. The summed E-state index contributed by atoms with van der Waals surface area (Å²) in [5, 5.41) is 8.58. The van der Waals surface area contributed by atoms with E-state index >= 15 is 0 Å². The first-order chi connectivity index (χ1) is 11.7. The van der Waals surface area contributed by atoms with E-state index in [1.807, 2.05) is 19.9 Å². The molecule has 0 fully saturated rings. The molecule has 24 heavy (non-hydrogen) atoms. The Labute approximate surface area is 146 Å². The molecule has 2 N–H and O–H groups in total. The minimum Gasteiger partial charge on any atom is -0.491 e. The summed E-state index contributed by atoms with van der Waals surface area (Å²) in [5.74, 6) is 0.676. The maximum Gasteiger partial charge on any atom is 0.191 e. The van der Waals surface area contributed by atoms with Gasteiger partial charge in [0, 0.05) is 18.0 Å². The van der Waals surface area contributed by atoms with Crippen molar-refractivity contribution < 1.29 is 9.13 Å². The van der Waals surface area contributed by atoms with Gasteiger partial charge >= 0.3 is 0 Å². The van der Waals surface area contributed by atoms with Crippen LogP contribution < -0.4 is 15.4 Å². The van der Waals surface area contributed by atoms with Crippen LogP contribution in [0, 0.1) is 5.82 Å².